The second-order valence-electron chi connectivity index (χ2n) is 7.80. The number of thiophene rings is 1. The second kappa shape index (κ2) is 7.34. The molecule has 0 spiro atoms. The fraction of sp³-hybridized carbons (Fsp3) is 0.130. The number of ether oxygens (including phenoxy) is 1. The maximum atomic E-state index is 13.5. The lowest BCUT2D eigenvalue weighted by Gasteiger charge is -2.35. The number of benzene rings is 1. The van der Waals surface area contributed by atoms with Crippen LogP contribution in [0.25, 0.3) is 10.1 Å². The summed E-state index contributed by atoms with van der Waals surface area (Å²) in [6.07, 6.45) is 1.45. The summed E-state index contributed by atoms with van der Waals surface area (Å²) in [6.45, 7) is 1.85. The quantitative estimate of drug-likeness (QED) is 0.334. The maximum absolute atomic E-state index is 13.5. The Morgan fingerprint density at radius 1 is 1.21 bits per heavy atom. The zero-order valence-corrected chi connectivity index (χ0v) is 18.2. The number of nitrogens with two attached hydrogens (primary N) is 3. The van der Waals surface area contributed by atoms with Gasteiger partial charge in [-0.25, -0.2) is 9.78 Å². The molecule has 0 aliphatic heterocycles. The Kier molecular flexibility index (Phi) is 4.67. The van der Waals surface area contributed by atoms with E-state index in [-0.39, 0.29) is 16.1 Å². The van der Waals surface area contributed by atoms with E-state index in [9.17, 15) is 14.7 Å². The molecule has 0 bridgehead atoms. The molecule has 2 atom stereocenters. The summed E-state index contributed by atoms with van der Waals surface area (Å²) >= 11 is 0.984. The molecule has 9 nitrogen and oxygen atoms in total. The normalized spacial score (nSPS) is 19.6. The number of carboxylic acid groups (broad SMARTS) is 1. The number of anilines is 1. The number of nitrogens with zero attached hydrogens (tertiary/aromatic N) is 2. The molecule has 5 rings (SSSR count). The number of aryl methyl sites for hydroxylation is 1. The van der Waals surface area contributed by atoms with E-state index in [0.29, 0.717) is 33.0 Å². The predicted molar refractivity (Wildman–Crippen MR) is 123 cm³/mol. The Labute approximate surface area is 191 Å². The number of hydrogen-bond donors (Lipinski definition) is 4. The van der Waals surface area contributed by atoms with Gasteiger partial charge in [-0.05, 0) is 36.8 Å². The van der Waals surface area contributed by atoms with Crippen LogP contribution in [0, 0.1) is 6.92 Å². The van der Waals surface area contributed by atoms with Crippen LogP contribution in [-0.2, 0) is 10.3 Å². The summed E-state index contributed by atoms with van der Waals surface area (Å²) in [6, 6.07) is 10.6. The summed E-state index contributed by atoms with van der Waals surface area (Å²) in [5.74, 6) is -0.899. The number of pyridine rings is 2. The Morgan fingerprint density at radius 2 is 2.00 bits per heavy atom. The molecule has 3 heterocycles. The van der Waals surface area contributed by atoms with Gasteiger partial charge in [0.25, 0.3) is 0 Å². The molecule has 7 N–H and O–H groups in total. The molecule has 2 unspecified atom stereocenters. The summed E-state index contributed by atoms with van der Waals surface area (Å²) in [5.41, 5.74) is 19.5. The van der Waals surface area contributed by atoms with Crippen LogP contribution in [-0.4, -0.2) is 26.8 Å². The minimum atomic E-state index is -1.69. The fourth-order valence-corrected chi connectivity index (χ4v) is 5.31. The van der Waals surface area contributed by atoms with E-state index in [4.69, 9.17) is 21.9 Å². The third-order valence-electron chi connectivity index (χ3n) is 5.73. The zero-order valence-electron chi connectivity index (χ0n) is 17.4. The number of ketones is 1. The van der Waals surface area contributed by atoms with E-state index < -0.39 is 23.3 Å². The molecule has 0 saturated heterocycles. The van der Waals surface area contributed by atoms with Gasteiger partial charge in [0.2, 0.25) is 5.88 Å². The standard InChI is InChI=1S/C23H19N5O4S/c1-10-3-2-4-15(28-10)32-11-5-8-14(27-9-11)23(26)12-6-7-13(24)19-16(12)17(18(25)21(23)29)20(33-19)22(30)31/h2-9,18H,24-26H2,1H3,(H,30,31). The monoisotopic (exact) mass is 461 g/mol. The van der Waals surface area contributed by atoms with Gasteiger partial charge in [0.05, 0.1) is 22.6 Å². The van der Waals surface area contributed by atoms with Crippen molar-refractivity contribution in [2.24, 2.45) is 11.5 Å². The molecular weight excluding hydrogens is 442 g/mol. The Morgan fingerprint density at radius 3 is 2.67 bits per heavy atom. The lowest BCUT2D eigenvalue weighted by atomic mass is 9.72. The molecule has 0 saturated carbocycles. The number of carboxylic acids is 1. The number of hydrogen-bond acceptors (Lipinski definition) is 9. The minimum Gasteiger partial charge on any atom is -0.477 e. The molecule has 0 amide bonds. The van der Waals surface area contributed by atoms with Crippen molar-refractivity contribution in [1.29, 1.82) is 0 Å². The number of carbonyl (C=O) groups is 2. The highest BCUT2D eigenvalue weighted by molar-refractivity contribution is 7.21. The van der Waals surface area contributed by atoms with Gasteiger partial charge in [0, 0.05) is 28.4 Å². The van der Waals surface area contributed by atoms with E-state index in [2.05, 4.69) is 9.97 Å². The Bertz CT molecular complexity index is 1450. The number of Topliss-reactive ketones (excluding diaryl/α,β-unsaturated/α-hetero) is 1. The molecule has 1 aliphatic rings. The summed E-state index contributed by atoms with van der Waals surface area (Å²) < 4.78 is 6.27. The van der Waals surface area contributed by atoms with Gasteiger partial charge in [-0.2, -0.15) is 0 Å². The van der Waals surface area contributed by atoms with Gasteiger partial charge in [-0.3, -0.25) is 9.78 Å². The van der Waals surface area contributed by atoms with Crippen molar-refractivity contribution in [2.45, 2.75) is 18.5 Å². The lowest BCUT2D eigenvalue weighted by Crippen LogP contribution is -2.53. The topological polar surface area (TPSA) is 167 Å². The van der Waals surface area contributed by atoms with Crippen LogP contribution in [0.5, 0.6) is 11.6 Å². The first kappa shape index (κ1) is 21.0. The van der Waals surface area contributed by atoms with Crippen LogP contribution < -0.4 is 21.9 Å². The van der Waals surface area contributed by atoms with Crippen molar-refractivity contribution < 1.29 is 19.4 Å². The average Bonchev–Trinajstić information content (AvgIpc) is 3.20. The van der Waals surface area contributed by atoms with Crippen molar-refractivity contribution in [3.05, 3.63) is 76.1 Å². The average molecular weight is 462 g/mol. The molecule has 0 fully saturated rings. The molecular formula is C23H19N5O4S. The molecule has 1 aromatic carbocycles. The van der Waals surface area contributed by atoms with Crippen molar-refractivity contribution in [3.63, 3.8) is 0 Å². The van der Waals surface area contributed by atoms with Crippen molar-refractivity contribution >= 4 is 38.9 Å². The van der Waals surface area contributed by atoms with Gasteiger partial charge in [0.1, 0.15) is 16.2 Å². The number of carbonyl (C=O) groups excluding carboxylic acids is 1. The fourth-order valence-electron chi connectivity index (χ4n) is 4.17. The first-order valence-electron chi connectivity index (χ1n) is 9.97. The zero-order chi connectivity index (χ0) is 23.5. The smallest absolute Gasteiger partial charge is 0.346 e. The van der Waals surface area contributed by atoms with Crippen LogP contribution in [0.1, 0.15) is 38.2 Å². The highest BCUT2D eigenvalue weighted by Crippen LogP contribution is 2.49. The van der Waals surface area contributed by atoms with E-state index in [0.717, 1.165) is 17.0 Å². The third kappa shape index (κ3) is 3.07. The van der Waals surface area contributed by atoms with Crippen LogP contribution in [0.2, 0.25) is 0 Å². The lowest BCUT2D eigenvalue weighted by molar-refractivity contribution is -0.124. The Balaban J connectivity index is 1.64. The SMILES string of the molecule is Cc1cccc(Oc2ccc(C3(N)C(=O)C(N)c4c(C(=O)O)sc5c(N)ccc3c45)nc2)n1. The van der Waals surface area contributed by atoms with Gasteiger partial charge < -0.3 is 27.0 Å². The Hall–Kier alpha value is -3.86. The maximum Gasteiger partial charge on any atom is 0.346 e. The highest BCUT2D eigenvalue weighted by atomic mass is 32.1. The molecule has 4 aromatic rings. The van der Waals surface area contributed by atoms with Crippen molar-refractivity contribution in [2.75, 3.05) is 5.73 Å². The van der Waals surface area contributed by atoms with E-state index >= 15 is 0 Å². The van der Waals surface area contributed by atoms with Gasteiger partial charge >= 0.3 is 5.97 Å². The van der Waals surface area contributed by atoms with Crippen LogP contribution in [0.3, 0.4) is 0 Å². The first-order chi connectivity index (χ1) is 15.7. The largest absolute Gasteiger partial charge is 0.477 e. The molecule has 166 valence electrons. The van der Waals surface area contributed by atoms with Gasteiger partial charge in [0.15, 0.2) is 5.78 Å². The second-order valence-corrected chi connectivity index (χ2v) is 8.83. The number of aromatic carboxylic acids is 1. The van der Waals surface area contributed by atoms with Crippen molar-refractivity contribution in [3.8, 4) is 11.6 Å². The van der Waals surface area contributed by atoms with E-state index in [1.54, 1.807) is 30.3 Å². The molecule has 1 aliphatic carbocycles. The third-order valence-corrected chi connectivity index (χ3v) is 6.98. The molecule has 33 heavy (non-hydrogen) atoms. The number of nitrogen functional groups attached to an aromatic ring is 1. The number of rotatable bonds is 4. The van der Waals surface area contributed by atoms with Crippen LogP contribution >= 0.6 is 11.3 Å². The van der Waals surface area contributed by atoms with Crippen LogP contribution in [0.4, 0.5) is 5.69 Å². The summed E-state index contributed by atoms with van der Waals surface area (Å²) in [7, 11) is 0. The minimum absolute atomic E-state index is 0.0191. The molecule has 3 aromatic heterocycles. The van der Waals surface area contributed by atoms with Crippen molar-refractivity contribution in [1.82, 2.24) is 9.97 Å². The summed E-state index contributed by atoms with van der Waals surface area (Å²) in [5, 5.41) is 10.2. The molecule has 0 radical (unpaired) electrons. The van der Waals surface area contributed by atoms with Crippen LogP contribution in [0.15, 0.2) is 48.7 Å². The van der Waals surface area contributed by atoms with E-state index in [1.807, 2.05) is 19.1 Å². The highest BCUT2D eigenvalue weighted by Gasteiger charge is 2.49. The van der Waals surface area contributed by atoms with Gasteiger partial charge in [-0.15, -0.1) is 11.3 Å². The number of aromatic nitrogens is 2. The summed E-state index contributed by atoms with van der Waals surface area (Å²) in [4.78, 5) is 34.0. The first-order valence-corrected chi connectivity index (χ1v) is 10.8. The van der Waals surface area contributed by atoms with Gasteiger partial charge in [-0.1, -0.05) is 12.1 Å². The molecule has 10 heteroatoms. The predicted octanol–water partition coefficient (Wildman–Crippen LogP) is 2.86. The van der Waals surface area contributed by atoms with E-state index in [1.165, 1.54) is 6.20 Å².